The van der Waals surface area contributed by atoms with Crippen LogP contribution >= 0.6 is 0 Å². The summed E-state index contributed by atoms with van der Waals surface area (Å²) in [5, 5.41) is 2.96. The van der Waals surface area contributed by atoms with Gasteiger partial charge in [0.05, 0.1) is 11.3 Å². The van der Waals surface area contributed by atoms with Gasteiger partial charge in [-0.15, -0.1) is 4.40 Å². The maximum atomic E-state index is 12.4. The first kappa shape index (κ1) is 14.7. The first-order valence-electron chi connectivity index (χ1n) is 6.33. The van der Waals surface area contributed by atoms with Gasteiger partial charge >= 0.3 is 0 Å². The highest BCUT2D eigenvalue weighted by molar-refractivity contribution is 7.90. The topological polar surface area (TPSA) is 82.1 Å². The summed E-state index contributed by atoms with van der Waals surface area (Å²) in [4.78, 5) is 15.6. The first-order valence-corrected chi connectivity index (χ1v) is 7.94. The summed E-state index contributed by atoms with van der Waals surface area (Å²) in [6.45, 7) is 1.53. The third-order valence-corrected chi connectivity index (χ3v) is 4.28. The molecule has 0 aromatic heterocycles. The van der Waals surface area contributed by atoms with Crippen LogP contribution in [0.25, 0.3) is 0 Å². The molecule has 0 saturated carbocycles. The predicted octanol–water partition coefficient (Wildman–Crippen LogP) is -0.838. The maximum Gasteiger partial charge on any atom is 0.257 e. The van der Waals surface area contributed by atoms with Crippen molar-refractivity contribution in [1.29, 1.82) is 0 Å². The van der Waals surface area contributed by atoms with Crippen LogP contribution in [0.15, 0.2) is 28.3 Å². The Morgan fingerprint density at radius 3 is 3.00 bits per heavy atom. The Balaban J connectivity index is 2.26. The van der Waals surface area contributed by atoms with Crippen LogP contribution in [-0.4, -0.2) is 69.4 Å². The Kier molecular flexibility index (Phi) is 4.24. The predicted molar refractivity (Wildman–Crippen MR) is 76.7 cm³/mol. The molecule has 0 bridgehead atoms. The van der Waals surface area contributed by atoms with Gasteiger partial charge < -0.3 is 15.1 Å². The molecular formula is C12H18N4O3S. The SMILES string of the molecule is CNCCN(C)C(=O)C1=CC=CN2CCS(=O)(=O)N=C12. The lowest BCUT2D eigenvalue weighted by Gasteiger charge is -2.30. The molecule has 2 heterocycles. The second kappa shape index (κ2) is 5.76. The van der Waals surface area contributed by atoms with E-state index >= 15 is 0 Å². The van der Waals surface area contributed by atoms with Crippen molar-refractivity contribution in [2.24, 2.45) is 4.40 Å². The van der Waals surface area contributed by atoms with Crippen molar-refractivity contribution in [3.05, 3.63) is 23.9 Å². The van der Waals surface area contributed by atoms with Crippen molar-refractivity contribution in [2.45, 2.75) is 0 Å². The van der Waals surface area contributed by atoms with Gasteiger partial charge in [0.25, 0.3) is 15.9 Å². The highest BCUT2D eigenvalue weighted by Gasteiger charge is 2.30. The third-order valence-electron chi connectivity index (χ3n) is 3.13. The fraction of sp³-hybridized carbons (Fsp3) is 0.500. The summed E-state index contributed by atoms with van der Waals surface area (Å²) in [6.07, 6.45) is 5.07. The molecule has 20 heavy (non-hydrogen) atoms. The number of carbonyl (C=O) groups excluding carboxylic acids is 1. The number of sulfonamides is 1. The lowest BCUT2D eigenvalue weighted by molar-refractivity contribution is -0.125. The smallest absolute Gasteiger partial charge is 0.257 e. The van der Waals surface area contributed by atoms with Gasteiger partial charge in [-0.2, -0.15) is 0 Å². The van der Waals surface area contributed by atoms with Crippen molar-refractivity contribution in [3.8, 4) is 0 Å². The monoisotopic (exact) mass is 298 g/mol. The van der Waals surface area contributed by atoms with Gasteiger partial charge in [-0.05, 0) is 19.2 Å². The van der Waals surface area contributed by atoms with E-state index in [1.165, 1.54) is 0 Å². The molecule has 0 unspecified atom stereocenters. The Morgan fingerprint density at radius 2 is 2.30 bits per heavy atom. The van der Waals surface area contributed by atoms with Crippen LogP contribution in [0.1, 0.15) is 0 Å². The number of likely N-dealkylation sites (N-methyl/N-ethyl adjacent to an activating group) is 2. The van der Waals surface area contributed by atoms with Crippen LogP contribution in [0.2, 0.25) is 0 Å². The van der Waals surface area contributed by atoms with Crippen molar-refractivity contribution in [3.63, 3.8) is 0 Å². The fourth-order valence-corrected chi connectivity index (χ4v) is 2.96. The van der Waals surface area contributed by atoms with Gasteiger partial charge in [0.1, 0.15) is 0 Å². The standard InChI is InChI=1S/C12H18N4O3S/c1-13-5-7-15(2)12(17)10-4-3-6-16-8-9-20(18,19)14-11(10)16/h3-4,6,13H,5,7-9H2,1-2H3. The van der Waals surface area contributed by atoms with Gasteiger partial charge in [0.2, 0.25) is 0 Å². The average molecular weight is 298 g/mol. The molecule has 0 aromatic carbocycles. The number of amidine groups is 1. The van der Waals surface area contributed by atoms with Gasteiger partial charge in [0, 0.05) is 32.9 Å². The largest absolute Gasteiger partial charge is 0.340 e. The number of fused-ring (bicyclic) bond motifs is 1. The summed E-state index contributed by atoms with van der Waals surface area (Å²) in [7, 11) is 0.0139. The molecule has 1 amide bonds. The van der Waals surface area contributed by atoms with E-state index in [1.54, 1.807) is 42.2 Å². The van der Waals surface area contributed by atoms with Crippen molar-refractivity contribution in [2.75, 3.05) is 39.5 Å². The Bertz CT molecular complexity index is 592. The molecule has 0 spiro atoms. The van der Waals surface area contributed by atoms with E-state index in [4.69, 9.17) is 0 Å². The zero-order valence-corrected chi connectivity index (χ0v) is 12.4. The molecule has 110 valence electrons. The second-order valence-electron chi connectivity index (χ2n) is 4.65. The number of nitrogens with zero attached hydrogens (tertiary/aromatic N) is 3. The minimum Gasteiger partial charge on any atom is -0.340 e. The van der Waals surface area contributed by atoms with Crippen LogP contribution in [-0.2, 0) is 14.8 Å². The quantitative estimate of drug-likeness (QED) is 0.732. The molecule has 2 aliphatic rings. The minimum atomic E-state index is -3.47. The van der Waals surface area contributed by atoms with Gasteiger partial charge in [-0.1, -0.05) is 0 Å². The van der Waals surface area contributed by atoms with E-state index < -0.39 is 10.0 Å². The van der Waals surface area contributed by atoms with E-state index in [9.17, 15) is 13.2 Å². The highest BCUT2D eigenvalue weighted by Crippen LogP contribution is 2.18. The minimum absolute atomic E-state index is 0.0299. The van der Waals surface area contributed by atoms with E-state index in [2.05, 4.69) is 9.71 Å². The van der Waals surface area contributed by atoms with Crippen LogP contribution in [0.3, 0.4) is 0 Å². The molecule has 0 saturated heterocycles. The summed E-state index contributed by atoms with van der Waals surface area (Å²) in [5.74, 6) is -0.0386. The molecule has 0 fully saturated rings. The number of amides is 1. The molecule has 0 radical (unpaired) electrons. The number of allylic oxidation sites excluding steroid dienone is 2. The van der Waals surface area contributed by atoms with E-state index in [0.29, 0.717) is 25.2 Å². The Morgan fingerprint density at radius 1 is 1.55 bits per heavy atom. The van der Waals surface area contributed by atoms with Crippen molar-refractivity contribution < 1.29 is 13.2 Å². The molecule has 0 aromatic rings. The van der Waals surface area contributed by atoms with Gasteiger partial charge in [-0.25, -0.2) is 8.42 Å². The normalized spacial score (nSPS) is 20.0. The summed E-state index contributed by atoms with van der Waals surface area (Å²) >= 11 is 0. The molecule has 1 N–H and O–H groups in total. The highest BCUT2D eigenvalue weighted by atomic mass is 32.2. The first-order chi connectivity index (χ1) is 9.44. The lowest BCUT2D eigenvalue weighted by atomic mass is 10.1. The van der Waals surface area contributed by atoms with Crippen LogP contribution in [0, 0.1) is 0 Å². The molecule has 8 heteroatoms. The summed E-state index contributed by atoms with van der Waals surface area (Å²) < 4.78 is 27.0. The second-order valence-corrected chi connectivity index (χ2v) is 6.40. The van der Waals surface area contributed by atoms with E-state index in [1.807, 2.05) is 0 Å². The number of hydrogen-bond acceptors (Lipinski definition) is 5. The molecule has 0 aliphatic carbocycles. The van der Waals surface area contributed by atoms with Crippen LogP contribution in [0.5, 0.6) is 0 Å². The number of rotatable bonds is 4. The maximum absolute atomic E-state index is 12.4. The van der Waals surface area contributed by atoms with Crippen molar-refractivity contribution >= 4 is 21.8 Å². The zero-order valence-electron chi connectivity index (χ0n) is 11.5. The number of carbonyl (C=O) groups is 1. The molecule has 7 nitrogen and oxygen atoms in total. The number of hydrogen-bond donors (Lipinski definition) is 1. The molecular weight excluding hydrogens is 280 g/mol. The Labute approximate surface area is 118 Å². The van der Waals surface area contributed by atoms with Crippen molar-refractivity contribution in [1.82, 2.24) is 15.1 Å². The molecule has 0 atom stereocenters. The van der Waals surface area contributed by atoms with Crippen LogP contribution < -0.4 is 5.32 Å². The van der Waals surface area contributed by atoms with Gasteiger partial charge in [0.15, 0.2) is 5.84 Å². The van der Waals surface area contributed by atoms with E-state index in [-0.39, 0.29) is 17.5 Å². The zero-order chi connectivity index (χ0) is 14.8. The van der Waals surface area contributed by atoms with E-state index in [0.717, 1.165) is 0 Å². The summed E-state index contributed by atoms with van der Waals surface area (Å²) in [6, 6.07) is 0. The average Bonchev–Trinajstić information content (AvgIpc) is 2.42. The summed E-state index contributed by atoms with van der Waals surface area (Å²) in [5.41, 5.74) is 0.314. The van der Waals surface area contributed by atoms with Gasteiger partial charge in [-0.3, -0.25) is 4.79 Å². The molecule has 2 rings (SSSR count). The third kappa shape index (κ3) is 3.07. The van der Waals surface area contributed by atoms with Crippen LogP contribution in [0.4, 0.5) is 0 Å². The number of nitrogens with one attached hydrogen (secondary N) is 1. The molecule has 2 aliphatic heterocycles. The fourth-order valence-electron chi connectivity index (χ4n) is 1.97. The lowest BCUT2D eigenvalue weighted by Crippen LogP contribution is -2.43. The Hall–Kier alpha value is -1.67.